The van der Waals surface area contributed by atoms with Crippen LogP contribution in [0, 0.1) is 0 Å². The monoisotopic (exact) mass is 362 g/mol. The normalized spacial score (nSPS) is 21.5. The van der Waals surface area contributed by atoms with Crippen molar-refractivity contribution in [3.05, 3.63) is 47.6 Å². The van der Waals surface area contributed by atoms with Gasteiger partial charge in [0.1, 0.15) is 0 Å². The van der Waals surface area contributed by atoms with Crippen molar-refractivity contribution in [3.8, 4) is 0 Å². The maximum Gasteiger partial charge on any atom is 0.0729 e. The van der Waals surface area contributed by atoms with Gasteiger partial charge in [-0.1, -0.05) is 29.8 Å². The molecule has 1 aliphatic rings. The first-order valence-electron chi connectivity index (χ1n) is 7.06. The first-order valence-corrected chi connectivity index (χ1v) is 7.44. The second-order valence-corrected chi connectivity index (χ2v) is 5.73. The molecule has 2 atom stereocenters. The molecule has 3 rings (SSSR count). The number of rotatable bonds is 3. The van der Waals surface area contributed by atoms with Gasteiger partial charge < -0.3 is 15.0 Å². The summed E-state index contributed by atoms with van der Waals surface area (Å²) < 4.78 is 2.16. The van der Waals surface area contributed by atoms with Gasteiger partial charge in [-0.25, -0.2) is 0 Å². The smallest absolute Gasteiger partial charge is 0.0729 e. The van der Waals surface area contributed by atoms with Crippen LogP contribution in [0.15, 0.2) is 42.6 Å². The van der Waals surface area contributed by atoms with E-state index >= 15 is 0 Å². The standard InChI is InChI=1S/C16H19ClN2O.2ClH/c17-13-6-5-12-7-10-19(15(12)11-13)9-2-3-14-16(20)4-1-8-18-14;;/h2-3,5-7,10-11,14,16,18,20H,1,4,8-9H2;2*1H/b3-2+;;. The van der Waals surface area contributed by atoms with Gasteiger partial charge in [0.25, 0.3) is 0 Å². The molecule has 1 fully saturated rings. The van der Waals surface area contributed by atoms with Gasteiger partial charge in [0.05, 0.1) is 12.1 Å². The molecule has 0 spiro atoms. The van der Waals surface area contributed by atoms with Crippen molar-refractivity contribution >= 4 is 47.3 Å². The molecular formula is C16H21Cl3N2O. The molecule has 122 valence electrons. The highest BCUT2D eigenvalue weighted by Gasteiger charge is 2.19. The molecule has 2 aromatic rings. The van der Waals surface area contributed by atoms with Crippen LogP contribution < -0.4 is 5.32 Å². The van der Waals surface area contributed by atoms with Crippen LogP contribution in [-0.4, -0.2) is 28.4 Å². The summed E-state index contributed by atoms with van der Waals surface area (Å²) in [5.41, 5.74) is 1.14. The van der Waals surface area contributed by atoms with Gasteiger partial charge in [0, 0.05) is 23.3 Å². The van der Waals surface area contributed by atoms with Crippen molar-refractivity contribution < 1.29 is 5.11 Å². The van der Waals surface area contributed by atoms with E-state index in [2.05, 4.69) is 34.3 Å². The van der Waals surface area contributed by atoms with E-state index in [0.717, 1.165) is 36.5 Å². The van der Waals surface area contributed by atoms with Crippen molar-refractivity contribution in [2.24, 2.45) is 0 Å². The molecule has 0 saturated carbocycles. The van der Waals surface area contributed by atoms with Crippen LogP contribution >= 0.6 is 36.4 Å². The number of allylic oxidation sites excluding steroid dienone is 1. The Hall–Kier alpha value is -0.710. The lowest BCUT2D eigenvalue weighted by atomic mass is 10.0. The Kier molecular flexibility index (Phi) is 7.74. The summed E-state index contributed by atoms with van der Waals surface area (Å²) in [6, 6.07) is 8.09. The molecule has 22 heavy (non-hydrogen) atoms. The fraction of sp³-hybridized carbons (Fsp3) is 0.375. The summed E-state index contributed by atoms with van der Waals surface area (Å²) in [5, 5.41) is 15.2. The first kappa shape index (κ1) is 19.3. The van der Waals surface area contributed by atoms with Crippen molar-refractivity contribution in [2.45, 2.75) is 31.5 Å². The molecule has 0 radical (unpaired) electrons. The van der Waals surface area contributed by atoms with E-state index in [1.165, 1.54) is 5.39 Å². The lowest BCUT2D eigenvalue weighted by Gasteiger charge is -2.26. The molecule has 2 N–H and O–H groups in total. The number of fused-ring (bicyclic) bond motifs is 1. The highest BCUT2D eigenvalue weighted by atomic mass is 35.5. The molecule has 3 nitrogen and oxygen atoms in total. The van der Waals surface area contributed by atoms with Crippen LogP contribution in [-0.2, 0) is 6.54 Å². The van der Waals surface area contributed by atoms with Crippen molar-refractivity contribution in [1.29, 1.82) is 0 Å². The zero-order valence-electron chi connectivity index (χ0n) is 12.1. The Morgan fingerprint density at radius 3 is 2.91 bits per heavy atom. The second kappa shape index (κ2) is 8.80. The average molecular weight is 364 g/mol. The average Bonchev–Trinajstić information content (AvgIpc) is 2.83. The minimum Gasteiger partial charge on any atom is -0.391 e. The molecular weight excluding hydrogens is 343 g/mol. The predicted molar refractivity (Wildman–Crippen MR) is 97.6 cm³/mol. The van der Waals surface area contributed by atoms with Crippen LogP contribution in [0.3, 0.4) is 0 Å². The largest absolute Gasteiger partial charge is 0.391 e. The maximum atomic E-state index is 9.90. The maximum absolute atomic E-state index is 9.90. The summed E-state index contributed by atoms with van der Waals surface area (Å²) in [6.07, 6.45) is 7.90. The van der Waals surface area contributed by atoms with Crippen LogP contribution in [0.25, 0.3) is 10.9 Å². The molecule has 1 saturated heterocycles. The fourth-order valence-corrected chi connectivity index (χ4v) is 2.90. The number of piperidine rings is 1. The third kappa shape index (κ3) is 4.40. The van der Waals surface area contributed by atoms with Crippen molar-refractivity contribution in [3.63, 3.8) is 0 Å². The summed E-state index contributed by atoms with van der Waals surface area (Å²) in [6.45, 7) is 1.77. The minimum absolute atomic E-state index is 0. The summed E-state index contributed by atoms with van der Waals surface area (Å²) >= 11 is 6.05. The second-order valence-electron chi connectivity index (χ2n) is 5.29. The zero-order valence-corrected chi connectivity index (χ0v) is 14.5. The number of aliphatic hydroxyl groups is 1. The topological polar surface area (TPSA) is 37.2 Å². The van der Waals surface area contributed by atoms with Gasteiger partial charge in [0.15, 0.2) is 0 Å². The summed E-state index contributed by atoms with van der Waals surface area (Å²) in [4.78, 5) is 0. The van der Waals surface area contributed by atoms with Gasteiger partial charge in [-0.05, 0) is 43.0 Å². The number of aliphatic hydroxyl groups excluding tert-OH is 1. The highest BCUT2D eigenvalue weighted by molar-refractivity contribution is 6.31. The Morgan fingerprint density at radius 2 is 2.14 bits per heavy atom. The van der Waals surface area contributed by atoms with Gasteiger partial charge >= 0.3 is 0 Å². The molecule has 2 unspecified atom stereocenters. The van der Waals surface area contributed by atoms with Gasteiger partial charge in [-0.2, -0.15) is 0 Å². The Labute approximate surface area is 148 Å². The quantitative estimate of drug-likeness (QED) is 0.814. The van der Waals surface area contributed by atoms with Gasteiger partial charge in [-0.15, -0.1) is 24.8 Å². The third-order valence-corrected chi connectivity index (χ3v) is 4.09. The SMILES string of the molecule is Cl.Cl.OC1CCCNC1/C=C/Cn1ccc2ccc(Cl)cc21. The van der Waals surface area contributed by atoms with Crippen molar-refractivity contribution in [2.75, 3.05) is 6.54 Å². The fourth-order valence-electron chi connectivity index (χ4n) is 2.73. The molecule has 0 bridgehead atoms. The molecule has 2 heterocycles. The molecule has 6 heteroatoms. The highest BCUT2D eigenvalue weighted by Crippen LogP contribution is 2.20. The molecule has 0 aliphatic carbocycles. The third-order valence-electron chi connectivity index (χ3n) is 3.85. The lowest BCUT2D eigenvalue weighted by molar-refractivity contribution is 0.115. The molecule has 0 amide bonds. The van der Waals surface area contributed by atoms with Crippen molar-refractivity contribution in [1.82, 2.24) is 9.88 Å². The van der Waals surface area contributed by atoms with Crippen LogP contribution in [0.4, 0.5) is 0 Å². The molecule has 1 aliphatic heterocycles. The van der Waals surface area contributed by atoms with E-state index in [0.29, 0.717) is 0 Å². The number of halogens is 3. The number of hydrogen-bond acceptors (Lipinski definition) is 2. The minimum atomic E-state index is -0.268. The number of nitrogens with zero attached hydrogens (tertiary/aromatic N) is 1. The summed E-state index contributed by atoms with van der Waals surface area (Å²) in [7, 11) is 0. The van der Waals surface area contributed by atoms with Crippen LogP contribution in [0.1, 0.15) is 12.8 Å². The molecule has 1 aromatic heterocycles. The zero-order chi connectivity index (χ0) is 13.9. The Bertz CT molecular complexity index is 627. The first-order chi connectivity index (χ1) is 9.74. The van der Waals surface area contributed by atoms with Gasteiger partial charge in [0.2, 0.25) is 0 Å². The predicted octanol–water partition coefficient (Wildman–Crippen LogP) is 3.81. The van der Waals surface area contributed by atoms with E-state index in [9.17, 15) is 5.11 Å². The van der Waals surface area contributed by atoms with E-state index in [-0.39, 0.29) is 37.0 Å². The lowest BCUT2D eigenvalue weighted by Crippen LogP contribution is -2.43. The number of nitrogens with one attached hydrogen (secondary N) is 1. The van der Waals surface area contributed by atoms with E-state index in [1.807, 2.05) is 18.2 Å². The van der Waals surface area contributed by atoms with Crippen LogP contribution in [0.5, 0.6) is 0 Å². The molecule has 1 aromatic carbocycles. The van der Waals surface area contributed by atoms with Gasteiger partial charge in [-0.3, -0.25) is 0 Å². The number of aromatic nitrogens is 1. The summed E-state index contributed by atoms with van der Waals surface area (Å²) in [5.74, 6) is 0. The van der Waals surface area contributed by atoms with E-state index in [1.54, 1.807) is 0 Å². The van der Waals surface area contributed by atoms with E-state index < -0.39 is 0 Å². The van der Waals surface area contributed by atoms with Crippen LogP contribution in [0.2, 0.25) is 5.02 Å². The number of benzene rings is 1. The Morgan fingerprint density at radius 1 is 1.32 bits per heavy atom. The number of hydrogen-bond donors (Lipinski definition) is 2. The van der Waals surface area contributed by atoms with E-state index in [4.69, 9.17) is 11.6 Å². The Balaban J connectivity index is 0.00000121.